The zero-order valence-corrected chi connectivity index (χ0v) is 28.1. The third-order valence-electron chi connectivity index (χ3n) is 8.55. The summed E-state index contributed by atoms with van der Waals surface area (Å²) in [4.78, 5) is 40.6. The second-order valence-electron chi connectivity index (χ2n) is 12.4. The molecule has 0 aliphatic carbocycles. The molecule has 1 saturated heterocycles. The molecule has 0 bridgehead atoms. The van der Waals surface area contributed by atoms with Crippen LogP contribution in [0.25, 0.3) is 10.9 Å². The van der Waals surface area contributed by atoms with Gasteiger partial charge in [0, 0.05) is 81.6 Å². The highest BCUT2D eigenvalue weighted by molar-refractivity contribution is 6.05. The van der Waals surface area contributed by atoms with Crippen molar-refractivity contribution in [2.75, 3.05) is 38.1 Å². The topological polar surface area (TPSA) is 93.0 Å². The van der Waals surface area contributed by atoms with Crippen molar-refractivity contribution in [2.24, 2.45) is 7.05 Å². The van der Waals surface area contributed by atoms with Crippen molar-refractivity contribution in [3.05, 3.63) is 108 Å². The van der Waals surface area contributed by atoms with Gasteiger partial charge < -0.3 is 23.8 Å². The van der Waals surface area contributed by atoms with Crippen LogP contribution in [0.3, 0.4) is 0 Å². The van der Waals surface area contributed by atoms with E-state index in [1.54, 1.807) is 18.2 Å². The first-order chi connectivity index (χ1) is 23.9. The number of benzene rings is 2. The molecule has 0 N–H and O–H groups in total. The molecule has 1 aliphatic heterocycles. The summed E-state index contributed by atoms with van der Waals surface area (Å²) in [5.41, 5.74) is 2.28. The van der Waals surface area contributed by atoms with Gasteiger partial charge in [-0.3, -0.25) is 14.5 Å². The highest BCUT2D eigenvalue weighted by Gasteiger charge is 2.30. The molecule has 5 aromatic rings. The van der Waals surface area contributed by atoms with Gasteiger partial charge in [-0.05, 0) is 74.0 Å². The van der Waals surface area contributed by atoms with E-state index in [4.69, 9.17) is 9.47 Å². The molecule has 0 atom stereocenters. The number of ether oxygens (including phenoxy) is 2. The van der Waals surface area contributed by atoms with E-state index in [-0.39, 0.29) is 23.5 Å². The average Bonchev–Trinajstić information content (AvgIpc) is 3.43. The Bertz CT molecular complexity index is 1970. The largest absolute Gasteiger partial charge is 0.475 e. The molecule has 50 heavy (non-hydrogen) atoms. The number of nitrogens with zero attached hydrogens (tertiary/aromatic N) is 6. The third-order valence-corrected chi connectivity index (χ3v) is 8.55. The highest BCUT2D eigenvalue weighted by atomic mass is 19.4. The number of carbonyl (C=O) groups excluding carboxylic acids is 2. The van der Waals surface area contributed by atoms with Crippen LogP contribution in [0.4, 0.5) is 18.9 Å². The third kappa shape index (κ3) is 7.73. The smallest absolute Gasteiger partial charge is 0.416 e. The van der Waals surface area contributed by atoms with E-state index in [1.165, 1.54) is 18.1 Å². The number of halogens is 3. The molecule has 3 aromatic heterocycles. The first-order valence-electron chi connectivity index (χ1n) is 16.2. The van der Waals surface area contributed by atoms with E-state index in [0.717, 1.165) is 60.4 Å². The molecule has 2 amide bonds. The molecule has 1 aliphatic rings. The van der Waals surface area contributed by atoms with Crippen LogP contribution in [0.5, 0.6) is 17.5 Å². The number of rotatable bonds is 9. The zero-order valence-electron chi connectivity index (χ0n) is 28.1. The summed E-state index contributed by atoms with van der Waals surface area (Å²) in [6.07, 6.45) is -1.12. The van der Waals surface area contributed by atoms with Crippen molar-refractivity contribution < 1.29 is 32.2 Å². The van der Waals surface area contributed by atoms with Crippen LogP contribution in [0, 0.1) is 0 Å². The maximum absolute atomic E-state index is 13.6. The molecule has 10 nitrogen and oxygen atoms in total. The van der Waals surface area contributed by atoms with Crippen molar-refractivity contribution in [1.29, 1.82) is 0 Å². The van der Waals surface area contributed by atoms with Gasteiger partial charge in [0.1, 0.15) is 11.4 Å². The number of hydrogen-bond donors (Lipinski definition) is 0. The number of alkyl halides is 3. The molecule has 6 rings (SSSR count). The fraction of sp³-hybridized carbons (Fsp3) is 0.297. The molecule has 0 saturated carbocycles. The van der Waals surface area contributed by atoms with Crippen LogP contribution in [0.2, 0.25) is 0 Å². The minimum absolute atomic E-state index is 0.0325. The summed E-state index contributed by atoms with van der Waals surface area (Å²) >= 11 is 0. The zero-order chi connectivity index (χ0) is 35.6. The van der Waals surface area contributed by atoms with E-state index >= 15 is 0 Å². The van der Waals surface area contributed by atoms with Crippen LogP contribution in [0.15, 0.2) is 85.2 Å². The maximum Gasteiger partial charge on any atom is 0.416 e. The van der Waals surface area contributed by atoms with Crippen molar-refractivity contribution in [3.63, 3.8) is 0 Å². The maximum atomic E-state index is 13.6. The molecule has 0 unspecified atom stereocenters. The summed E-state index contributed by atoms with van der Waals surface area (Å²) in [6.45, 7) is 7.42. The Labute approximate surface area is 287 Å². The molecule has 0 spiro atoms. The molecule has 0 radical (unpaired) electrons. The SMILES string of the molecule is CC(C)Oc1ccc(CN2CCN(C(=O)c3cc4cc(Oc5ccc(N(C)C(=O)c6ccc(C(F)(F)F)cc6)cn5)ccc4n3C)CC2)cn1. The standard InChI is InChI=1S/C37H37F3N6O4/c1-24(2)49-33-13-5-25(21-41-33)23-45-15-17-46(18-16-45)36(48)32-20-27-19-30(11-12-31(27)44(32)4)50-34-14-10-29(22-42-34)43(3)35(47)26-6-8-28(9-7-26)37(38,39)40/h5-14,19-22,24H,15-18,23H2,1-4H3. The van der Waals surface area contributed by atoms with E-state index < -0.39 is 17.6 Å². The van der Waals surface area contributed by atoms with Crippen molar-refractivity contribution >= 4 is 28.4 Å². The van der Waals surface area contributed by atoms with Crippen LogP contribution < -0.4 is 14.4 Å². The van der Waals surface area contributed by atoms with E-state index in [9.17, 15) is 22.8 Å². The number of anilines is 1. The molecule has 13 heteroatoms. The van der Waals surface area contributed by atoms with Crippen molar-refractivity contribution in [2.45, 2.75) is 32.7 Å². The van der Waals surface area contributed by atoms with E-state index in [2.05, 4.69) is 14.9 Å². The van der Waals surface area contributed by atoms with Gasteiger partial charge in [0.2, 0.25) is 11.8 Å². The average molecular weight is 687 g/mol. The predicted molar refractivity (Wildman–Crippen MR) is 183 cm³/mol. The second kappa shape index (κ2) is 14.2. The lowest BCUT2D eigenvalue weighted by atomic mass is 10.1. The molecule has 260 valence electrons. The lowest BCUT2D eigenvalue weighted by Gasteiger charge is -2.34. The fourth-order valence-corrected chi connectivity index (χ4v) is 5.81. The van der Waals surface area contributed by atoms with Crippen LogP contribution >= 0.6 is 0 Å². The quantitative estimate of drug-likeness (QED) is 0.168. The number of pyridine rings is 2. The molecule has 4 heterocycles. The Balaban J connectivity index is 1.05. The molecule has 2 aromatic carbocycles. The molecule has 1 fully saturated rings. The Kier molecular flexibility index (Phi) is 9.78. The lowest BCUT2D eigenvalue weighted by molar-refractivity contribution is -0.137. The van der Waals surface area contributed by atoms with E-state index in [1.807, 2.05) is 66.9 Å². The van der Waals surface area contributed by atoms with Crippen LogP contribution in [-0.4, -0.2) is 75.5 Å². The normalized spacial score (nSPS) is 13.9. The van der Waals surface area contributed by atoms with Gasteiger partial charge >= 0.3 is 6.18 Å². The Morgan fingerprint density at radius 3 is 2.20 bits per heavy atom. The van der Waals surface area contributed by atoms with Crippen LogP contribution in [-0.2, 0) is 19.8 Å². The van der Waals surface area contributed by atoms with Gasteiger partial charge in [0.15, 0.2) is 0 Å². The van der Waals surface area contributed by atoms with Crippen LogP contribution in [0.1, 0.15) is 45.8 Å². The summed E-state index contributed by atoms with van der Waals surface area (Å²) in [7, 11) is 3.38. The molecular weight excluding hydrogens is 649 g/mol. The van der Waals surface area contributed by atoms with Gasteiger partial charge in [-0.15, -0.1) is 0 Å². The van der Waals surface area contributed by atoms with Gasteiger partial charge in [0.25, 0.3) is 11.8 Å². The number of aromatic nitrogens is 3. The Morgan fingerprint density at radius 2 is 1.58 bits per heavy atom. The first-order valence-corrected chi connectivity index (χ1v) is 16.2. The van der Waals surface area contributed by atoms with Gasteiger partial charge in [-0.2, -0.15) is 13.2 Å². The van der Waals surface area contributed by atoms with E-state index in [0.29, 0.717) is 36.1 Å². The monoisotopic (exact) mass is 686 g/mol. The minimum atomic E-state index is -4.48. The van der Waals surface area contributed by atoms with Gasteiger partial charge in [0.05, 0.1) is 23.6 Å². The van der Waals surface area contributed by atoms with Crippen molar-refractivity contribution in [1.82, 2.24) is 24.3 Å². The van der Waals surface area contributed by atoms with Crippen molar-refractivity contribution in [3.8, 4) is 17.5 Å². The number of carbonyl (C=O) groups is 2. The summed E-state index contributed by atoms with van der Waals surface area (Å²) in [5, 5.41) is 0.836. The summed E-state index contributed by atoms with van der Waals surface area (Å²) in [5.74, 6) is 0.898. The Morgan fingerprint density at radius 1 is 0.880 bits per heavy atom. The number of aryl methyl sites for hydroxylation is 1. The van der Waals surface area contributed by atoms with Gasteiger partial charge in [-0.25, -0.2) is 9.97 Å². The number of hydrogen-bond acceptors (Lipinski definition) is 7. The second-order valence-corrected chi connectivity index (χ2v) is 12.4. The first kappa shape index (κ1) is 34.4. The molecular formula is C37H37F3N6O4. The lowest BCUT2D eigenvalue weighted by Crippen LogP contribution is -2.48. The fourth-order valence-electron chi connectivity index (χ4n) is 5.81. The predicted octanol–water partition coefficient (Wildman–Crippen LogP) is 6.80. The minimum Gasteiger partial charge on any atom is -0.475 e. The summed E-state index contributed by atoms with van der Waals surface area (Å²) < 4.78 is 52.2. The highest BCUT2D eigenvalue weighted by Crippen LogP contribution is 2.31. The number of piperazine rings is 1. The number of amides is 2. The van der Waals surface area contributed by atoms with Gasteiger partial charge in [-0.1, -0.05) is 6.07 Å². The number of fused-ring (bicyclic) bond motifs is 1. The Hall–Kier alpha value is -5.43. The summed E-state index contributed by atoms with van der Waals surface area (Å²) in [6, 6.07) is 18.6.